The van der Waals surface area contributed by atoms with Gasteiger partial charge in [-0.1, -0.05) is 30.3 Å². The van der Waals surface area contributed by atoms with Gasteiger partial charge in [0.05, 0.1) is 13.0 Å². The molecule has 0 unspecified atom stereocenters. The summed E-state index contributed by atoms with van der Waals surface area (Å²) in [7, 11) is 0. The summed E-state index contributed by atoms with van der Waals surface area (Å²) < 4.78 is 11.1. The summed E-state index contributed by atoms with van der Waals surface area (Å²) in [5.41, 5.74) is 1.68. The lowest BCUT2D eigenvalue weighted by atomic mass is 10.1. The molecule has 0 aliphatic heterocycles. The monoisotopic (exact) mass is 286 g/mol. The molecule has 0 aromatic heterocycles. The molecule has 110 valence electrons. The van der Waals surface area contributed by atoms with Crippen molar-refractivity contribution in [3.05, 3.63) is 59.7 Å². The summed E-state index contributed by atoms with van der Waals surface area (Å²) in [5.74, 6) is 0.563. The Morgan fingerprint density at radius 2 is 1.76 bits per heavy atom. The standard InChI is InChI=1S/C17H18O4/c1-2-20-15-9-7-13(8-10-15)12-21-16-6-4-3-5-14(16)11-17(18)19/h3-10H,2,11-12H2,1H3,(H,18,19). The zero-order chi connectivity index (χ0) is 15.1. The molecule has 0 amide bonds. The zero-order valence-electron chi connectivity index (χ0n) is 11.9. The van der Waals surface area contributed by atoms with E-state index in [1.165, 1.54) is 0 Å². The van der Waals surface area contributed by atoms with Crippen molar-refractivity contribution in [3.8, 4) is 11.5 Å². The topological polar surface area (TPSA) is 55.8 Å². The zero-order valence-corrected chi connectivity index (χ0v) is 11.9. The SMILES string of the molecule is CCOc1ccc(COc2ccccc2CC(=O)O)cc1. The molecule has 0 saturated carbocycles. The predicted octanol–water partition coefficient (Wildman–Crippen LogP) is 3.29. The van der Waals surface area contributed by atoms with Crippen LogP contribution < -0.4 is 9.47 Å². The summed E-state index contributed by atoms with van der Waals surface area (Å²) in [4.78, 5) is 10.8. The van der Waals surface area contributed by atoms with Gasteiger partial charge >= 0.3 is 5.97 Å². The van der Waals surface area contributed by atoms with Gasteiger partial charge in [0.1, 0.15) is 18.1 Å². The van der Waals surface area contributed by atoms with E-state index in [1.54, 1.807) is 12.1 Å². The summed E-state index contributed by atoms with van der Waals surface area (Å²) >= 11 is 0. The van der Waals surface area contributed by atoms with E-state index >= 15 is 0 Å². The van der Waals surface area contributed by atoms with Crippen LogP contribution in [0.3, 0.4) is 0 Å². The molecule has 2 rings (SSSR count). The molecule has 0 spiro atoms. The number of carboxylic acid groups (broad SMARTS) is 1. The number of para-hydroxylation sites is 1. The Kier molecular flexibility index (Phi) is 5.21. The van der Waals surface area contributed by atoms with Gasteiger partial charge in [-0.15, -0.1) is 0 Å². The van der Waals surface area contributed by atoms with Crippen LogP contribution in [0.25, 0.3) is 0 Å². The Labute approximate surface area is 123 Å². The van der Waals surface area contributed by atoms with E-state index in [0.717, 1.165) is 11.3 Å². The largest absolute Gasteiger partial charge is 0.494 e. The lowest BCUT2D eigenvalue weighted by Crippen LogP contribution is -2.04. The fourth-order valence-electron chi connectivity index (χ4n) is 1.96. The minimum Gasteiger partial charge on any atom is -0.494 e. The summed E-state index contributed by atoms with van der Waals surface area (Å²) in [6, 6.07) is 14.8. The number of carboxylic acids is 1. The van der Waals surface area contributed by atoms with Gasteiger partial charge < -0.3 is 14.6 Å². The highest BCUT2D eigenvalue weighted by Crippen LogP contribution is 2.20. The van der Waals surface area contributed by atoms with Gasteiger partial charge in [0, 0.05) is 5.56 Å². The minimum absolute atomic E-state index is 0.0422. The molecular formula is C17H18O4. The van der Waals surface area contributed by atoms with Gasteiger partial charge in [-0.05, 0) is 30.7 Å². The average molecular weight is 286 g/mol. The van der Waals surface area contributed by atoms with Gasteiger partial charge in [0.2, 0.25) is 0 Å². The third kappa shape index (κ3) is 4.53. The van der Waals surface area contributed by atoms with Crippen molar-refractivity contribution in [3.63, 3.8) is 0 Å². The van der Waals surface area contributed by atoms with Crippen LogP contribution in [-0.2, 0) is 17.8 Å². The second-order valence-electron chi connectivity index (χ2n) is 4.54. The number of aliphatic carboxylic acids is 1. The summed E-state index contributed by atoms with van der Waals surface area (Å²) in [6.07, 6.45) is -0.0422. The Bertz CT molecular complexity index is 590. The van der Waals surface area contributed by atoms with Crippen LogP contribution in [0.1, 0.15) is 18.1 Å². The first kappa shape index (κ1) is 14.9. The highest BCUT2D eigenvalue weighted by atomic mass is 16.5. The molecule has 0 heterocycles. The van der Waals surface area contributed by atoms with Crippen molar-refractivity contribution in [1.29, 1.82) is 0 Å². The maximum Gasteiger partial charge on any atom is 0.307 e. The van der Waals surface area contributed by atoms with Crippen LogP contribution in [0.2, 0.25) is 0 Å². The molecule has 0 radical (unpaired) electrons. The van der Waals surface area contributed by atoms with E-state index in [-0.39, 0.29) is 6.42 Å². The third-order valence-electron chi connectivity index (χ3n) is 2.94. The fraction of sp³-hybridized carbons (Fsp3) is 0.235. The highest BCUT2D eigenvalue weighted by molar-refractivity contribution is 5.71. The van der Waals surface area contributed by atoms with Crippen LogP contribution in [0.4, 0.5) is 0 Å². The second-order valence-corrected chi connectivity index (χ2v) is 4.54. The first-order valence-electron chi connectivity index (χ1n) is 6.83. The molecule has 1 N–H and O–H groups in total. The van der Waals surface area contributed by atoms with E-state index in [1.807, 2.05) is 43.3 Å². The van der Waals surface area contributed by atoms with E-state index < -0.39 is 5.97 Å². The van der Waals surface area contributed by atoms with E-state index in [2.05, 4.69) is 0 Å². The molecule has 21 heavy (non-hydrogen) atoms. The highest BCUT2D eigenvalue weighted by Gasteiger charge is 2.07. The molecule has 0 bridgehead atoms. The van der Waals surface area contributed by atoms with Crippen molar-refractivity contribution < 1.29 is 19.4 Å². The number of carbonyl (C=O) groups is 1. The Balaban J connectivity index is 2.00. The third-order valence-corrected chi connectivity index (χ3v) is 2.94. The smallest absolute Gasteiger partial charge is 0.307 e. The van der Waals surface area contributed by atoms with Gasteiger partial charge in [0.25, 0.3) is 0 Å². The average Bonchev–Trinajstić information content (AvgIpc) is 2.48. The summed E-state index contributed by atoms with van der Waals surface area (Å²) in [5, 5.41) is 8.89. The quantitative estimate of drug-likeness (QED) is 0.848. The van der Waals surface area contributed by atoms with E-state index in [9.17, 15) is 4.79 Å². The van der Waals surface area contributed by atoms with E-state index in [4.69, 9.17) is 14.6 Å². The van der Waals surface area contributed by atoms with Crippen molar-refractivity contribution in [2.24, 2.45) is 0 Å². The molecule has 0 saturated heterocycles. The Morgan fingerprint density at radius 1 is 1.05 bits per heavy atom. The number of hydrogen-bond acceptors (Lipinski definition) is 3. The lowest BCUT2D eigenvalue weighted by molar-refractivity contribution is -0.136. The lowest BCUT2D eigenvalue weighted by Gasteiger charge is -2.11. The molecule has 0 atom stereocenters. The molecular weight excluding hydrogens is 268 g/mol. The van der Waals surface area contributed by atoms with Crippen LogP contribution in [-0.4, -0.2) is 17.7 Å². The van der Waals surface area contributed by atoms with Crippen molar-refractivity contribution in [1.82, 2.24) is 0 Å². The first-order chi connectivity index (χ1) is 10.2. The maximum absolute atomic E-state index is 10.8. The van der Waals surface area contributed by atoms with Gasteiger partial charge in [-0.3, -0.25) is 4.79 Å². The van der Waals surface area contributed by atoms with Crippen molar-refractivity contribution >= 4 is 5.97 Å². The first-order valence-corrected chi connectivity index (χ1v) is 6.83. The van der Waals surface area contributed by atoms with Crippen LogP contribution in [0.5, 0.6) is 11.5 Å². The number of rotatable bonds is 7. The number of benzene rings is 2. The van der Waals surface area contributed by atoms with Crippen LogP contribution in [0, 0.1) is 0 Å². The van der Waals surface area contributed by atoms with Gasteiger partial charge in [0.15, 0.2) is 0 Å². The van der Waals surface area contributed by atoms with E-state index in [0.29, 0.717) is 24.5 Å². The van der Waals surface area contributed by atoms with Crippen molar-refractivity contribution in [2.75, 3.05) is 6.61 Å². The van der Waals surface area contributed by atoms with Gasteiger partial charge in [-0.25, -0.2) is 0 Å². The molecule has 2 aromatic rings. The molecule has 2 aromatic carbocycles. The van der Waals surface area contributed by atoms with Crippen molar-refractivity contribution in [2.45, 2.75) is 20.0 Å². The fourth-order valence-corrected chi connectivity index (χ4v) is 1.96. The summed E-state index contributed by atoms with van der Waals surface area (Å²) in [6.45, 7) is 2.97. The predicted molar refractivity (Wildman–Crippen MR) is 79.7 cm³/mol. The second kappa shape index (κ2) is 7.33. The Hall–Kier alpha value is -2.49. The Morgan fingerprint density at radius 3 is 2.43 bits per heavy atom. The molecule has 0 fully saturated rings. The number of ether oxygens (including phenoxy) is 2. The number of hydrogen-bond donors (Lipinski definition) is 1. The van der Waals surface area contributed by atoms with Crippen LogP contribution in [0.15, 0.2) is 48.5 Å². The van der Waals surface area contributed by atoms with Gasteiger partial charge in [-0.2, -0.15) is 0 Å². The molecule has 4 nitrogen and oxygen atoms in total. The maximum atomic E-state index is 10.8. The van der Waals surface area contributed by atoms with Crippen LogP contribution >= 0.6 is 0 Å². The molecule has 4 heteroatoms. The molecule has 0 aliphatic rings. The minimum atomic E-state index is -0.868. The molecule has 0 aliphatic carbocycles. The normalized spacial score (nSPS) is 10.1.